The molecular weight excluding hydrogens is 358 g/mol. The standard InChI is InChI=1S/C9H7Br2N3OS/c10-5-1-2-7(6(11)3-5)14-8(4-15)12-13-9(14)16/h1-3,15H,4H2,(H,13,16). The molecule has 0 atom stereocenters. The van der Waals surface area contributed by atoms with Crippen LogP contribution in [0.25, 0.3) is 5.69 Å². The number of nitrogens with zero attached hydrogens (tertiary/aromatic N) is 2. The molecule has 84 valence electrons. The second-order valence-electron chi connectivity index (χ2n) is 3.03. The van der Waals surface area contributed by atoms with Crippen molar-refractivity contribution in [3.63, 3.8) is 0 Å². The van der Waals surface area contributed by atoms with E-state index < -0.39 is 0 Å². The number of aliphatic hydroxyl groups excluding tert-OH is 1. The molecule has 0 bridgehead atoms. The zero-order valence-electron chi connectivity index (χ0n) is 7.94. The maximum atomic E-state index is 9.16. The summed E-state index contributed by atoms with van der Waals surface area (Å²) in [6.45, 7) is -0.171. The summed E-state index contributed by atoms with van der Waals surface area (Å²) in [6.07, 6.45) is 0. The molecule has 0 spiro atoms. The topological polar surface area (TPSA) is 53.8 Å². The minimum absolute atomic E-state index is 0.171. The average molecular weight is 365 g/mol. The Hall–Kier alpha value is -0.500. The van der Waals surface area contributed by atoms with Crippen LogP contribution in [0.4, 0.5) is 0 Å². The number of hydrogen-bond acceptors (Lipinski definition) is 3. The molecule has 1 aromatic carbocycles. The maximum absolute atomic E-state index is 9.16. The molecule has 0 aliphatic carbocycles. The van der Waals surface area contributed by atoms with Crippen molar-refractivity contribution in [2.45, 2.75) is 6.61 Å². The predicted octanol–water partition coefficient (Wildman–Crippen LogP) is 2.95. The van der Waals surface area contributed by atoms with Gasteiger partial charge in [0.1, 0.15) is 6.61 Å². The second-order valence-corrected chi connectivity index (χ2v) is 5.19. The third kappa shape index (κ3) is 2.13. The fraction of sp³-hybridized carbons (Fsp3) is 0.111. The predicted molar refractivity (Wildman–Crippen MR) is 70.1 cm³/mol. The summed E-state index contributed by atoms with van der Waals surface area (Å²) < 4.78 is 3.97. The Morgan fingerprint density at radius 1 is 1.44 bits per heavy atom. The first-order valence-electron chi connectivity index (χ1n) is 4.36. The van der Waals surface area contributed by atoms with Gasteiger partial charge in [-0.1, -0.05) is 15.9 Å². The van der Waals surface area contributed by atoms with Crippen molar-refractivity contribution < 1.29 is 5.11 Å². The molecule has 7 heteroatoms. The largest absolute Gasteiger partial charge is 0.388 e. The average Bonchev–Trinajstić information content (AvgIpc) is 2.60. The highest BCUT2D eigenvalue weighted by atomic mass is 79.9. The zero-order valence-corrected chi connectivity index (χ0v) is 11.9. The van der Waals surface area contributed by atoms with Gasteiger partial charge in [-0.3, -0.25) is 9.67 Å². The number of hydrogen-bond donors (Lipinski definition) is 2. The molecule has 1 heterocycles. The van der Waals surface area contributed by atoms with Crippen LogP contribution in [0.1, 0.15) is 5.82 Å². The molecule has 0 fully saturated rings. The molecule has 16 heavy (non-hydrogen) atoms. The van der Waals surface area contributed by atoms with E-state index in [4.69, 9.17) is 17.3 Å². The van der Waals surface area contributed by atoms with Crippen molar-refractivity contribution in [1.82, 2.24) is 14.8 Å². The summed E-state index contributed by atoms with van der Waals surface area (Å²) in [7, 11) is 0. The van der Waals surface area contributed by atoms with Crippen LogP contribution in [0, 0.1) is 4.77 Å². The van der Waals surface area contributed by atoms with Crippen molar-refractivity contribution in [1.29, 1.82) is 0 Å². The monoisotopic (exact) mass is 363 g/mol. The van der Waals surface area contributed by atoms with E-state index in [1.165, 1.54) is 0 Å². The van der Waals surface area contributed by atoms with Crippen LogP contribution in [0.3, 0.4) is 0 Å². The van der Waals surface area contributed by atoms with Crippen LogP contribution < -0.4 is 0 Å². The quantitative estimate of drug-likeness (QED) is 0.805. The fourth-order valence-electron chi connectivity index (χ4n) is 1.35. The highest BCUT2D eigenvalue weighted by Gasteiger charge is 2.10. The van der Waals surface area contributed by atoms with Crippen LogP contribution >= 0.6 is 44.1 Å². The summed E-state index contributed by atoms with van der Waals surface area (Å²) in [6, 6.07) is 5.69. The van der Waals surface area contributed by atoms with Gasteiger partial charge in [0.2, 0.25) is 0 Å². The second kappa shape index (κ2) is 4.79. The number of halogens is 2. The molecule has 1 aromatic heterocycles. The van der Waals surface area contributed by atoms with Gasteiger partial charge >= 0.3 is 0 Å². The smallest absolute Gasteiger partial charge is 0.199 e. The van der Waals surface area contributed by atoms with Crippen molar-refractivity contribution >= 4 is 44.1 Å². The van der Waals surface area contributed by atoms with Gasteiger partial charge in [-0.2, -0.15) is 5.10 Å². The highest BCUT2D eigenvalue weighted by molar-refractivity contribution is 9.11. The number of rotatable bonds is 2. The van der Waals surface area contributed by atoms with E-state index >= 15 is 0 Å². The number of benzene rings is 1. The molecule has 0 aliphatic rings. The Balaban J connectivity index is 2.67. The van der Waals surface area contributed by atoms with E-state index in [9.17, 15) is 0 Å². The number of aromatic amines is 1. The molecule has 0 radical (unpaired) electrons. The van der Waals surface area contributed by atoms with E-state index in [1.54, 1.807) is 4.57 Å². The van der Waals surface area contributed by atoms with E-state index in [-0.39, 0.29) is 6.61 Å². The van der Waals surface area contributed by atoms with E-state index in [1.807, 2.05) is 18.2 Å². The Labute approximate surface area is 114 Å². The first kappa shape index (κ1) is 12.0. The van der Waals surface area contributed by atoms with Gasteiger partial charge in [-0.05, 0) is 46.3 Å². The van der Waals surface area contributed by atoms with Crippen LogP contribution in [0.5, 0.6) is 0 Å². The number of H-pyrrole nitrogens is 1. The SMILES string of the molecule is OCc1n[nH]c(=S)n1-c1ccc(Br)cc1Br. The lowest BCUT2D eigenvalue weighted by Gasteiger charge is -2.07. The molecule has 0 saturated heterocycles. The summed E-state index contributed by atoms with van der Waals surface area (Å²) in [5.74, 6) is 0.480. The first-order chi connectivity index (χ1) is 7.63. The third-order valence-corrected chi connectivity index (χ3v) is 3.44. The Kier molecular flexibility index (Phi) is 3.58. The van der Waals surface area contributed by atoms with Crippen molar-refractivity contribution in [3.05, 3.63) is 37.7 Å². The molecule has 2 N–H and O–H groups in total. The van der Waals surface area contributed by atoms with E-state index in [2.05, 4.69) is 42.1 Å². The molecule has 0 unspecified atom stereocenters. The maximum Gasteiger partial charge on any atom is 0.199 e. The molecule has 0 amide bonds. The summed E-state index contributed by atoms with van der Waals surface area (Å²) >= 11 is 11.9. The van der Waals surface area contributed by atoms with Crippen LogP contribution in [-0.2, 0) is 6.61 Å². The van der Waals surface area contributed by atoms with Gasteiger partial charge in [0.15, 0.2) is 10.6 Å². The lowest BCUT2D eigenvalue weighted by Crippen LogP contribution is -2.02. The van der Waals surface area contributed by atoms with Crippen molar-refractivity contribution in [2.24, 2.45) is 0 Å². The van der Waals surface area contributed by atoms with Gasteiger partial charge in [-0.25, -0.2) is 0 Å². The Morgan fingerprint density at radius 2 is 2.19 bits per heavy atom. The Bertz CT molecular complexity index is 578. The van der Waals surface area contributed by atoms with Gasteiger partial charge in [0, 0.05) is 8.95 Å². The lowest BCUT2D eigenvalue weighted by atomic mass is 10.3. The number of aliphatic hydroxyl groups is 1. The van der Waals surface area contributed by atoms with Gasteiger partial charge in [-0.15, -0.1) is 0 Å². The lowest BCUT2D eigenvalue weighted by molar-refractivity contribution is 0.268. The van der Waals surface area contributed by atoms with Gasteiger partial charge in [0.05, 0.1) is 5.69 Å². The number of nitrogens with one attached hydrogen (secondary N) is 1. The third-order valence-electron chi connectivity index (χ3n) is 2.03. The van der Waals surface area contributed by atoms with E-state index in [0.717, 1.165) is 14.6 Å². The molecule has 0 saturated carbocycles. The van der Waals surface area contributed by atoms with E-state index in [0.29, 0.717) is 10.6 Å². The number of aromatic nitrogens is 3. The fourth-order valence-corrected chi connectivity index (χ4v) is 2.82. The normalized spacial score (nSPS) is 10.7. The first-order valence-corrected chi connectivity index (χ1v) is 6.35. The summed E-state index contributed by atoms with van der Waals surface area (Å²) in [5.41, 5.74) is 0.839. The molecular formula is C9H7Br2N3OS. The molecule has 2 rings (SSSR count). The summed E-state index contributed by atoms with van der Waals surface area (Å²) in [4.78, 5) is 0. The van der Waals surface area contributed by atoms with Crippen LogP contribution in [-0.4, -0.2) is 19.9 Å². The molecule has 2 aromatic rings. The Morgan fingerprint density at radius 3 is 2.81 bits per heavy atom. The van der Waals surface area contributed by atoms with Crippen LogP contribution in [0.15, 0.2) is 27.1 Å². The zero-order chi connectivity index (χ0) is 11.7. The van der Waals surface area contributed by atoms with Gasteiger partial charge in [0.25, 0.3) is 0 Å². The van der Waals surface area contributed by atoms with Crippen molar-refractivity contribution in [3.8, 4) is 5.69 Å². The molecule has 4 nitrogen and oxygen atoms in total. The van der Waals surface area contributed by atoms with Crippen molar-refractivity contribution in [2.75, 3.05) is 0 Å². The van der Waals surface area contributed by atoms with Gasteiger partial charge < -0.3 is 5.11 Å². The highest BCUT2D eigenvalue weighted by Crippen LogP contribution is 2.26. The minimum Gasteiger partial charge on any atom is -0.388 e. The van der Waals surface area contributed by atoms with Crippen LogP contribution in [0.2, 0.25) is 0 Å². The minimum atomic E-state index is -0.171. The summed E-state index contributed by atoms with van der Waals surface area (Å²) in [5, 5.41) is 15.8. The molecule has 0 aliphatic heterocycles.